The minimum absolute atomic E-state index is 0.171. The first-order valence-corrected chi connectivity index (χ1v) is 7.17. The second-order valence-corrected chi connectivity index (χ2v) is 5.48. The second kappa shape index (κ2) is 4.44. The van der Waals surface area contributed by atoms with Crippen LogP contribution in [0.15, 0.2) is 24.3 Å². The zero-order chi connectivity index (χ0) is 15.4. The number of hydrogen-bond donors (Lipinski definition) is 0. The molecule has 0 heterocycles. The molecule has 110 valence electrons. The Bertz CT molecular complexity index is 779. The van der Waals surface area contributed by atoms with Gasteiger partial charge in [-0.05, 0) is 12.8 Å². The number of methoxy groups -OCH3 is 2. The summed E-state index contributed by atoms with van der Waals surface area (Å²) in [6, 6.07) is 6.90. The third-order valence-corrected chi connectivity index (χ3v) is 4.52. The van der Waals surface area contributed by atoms with Crippen LogP contribution in [0.2, 0.25) is 0 Å². The number of ketones is 2. The van der Waals surface area contributed by atoms with Crippen LogP contribution in [0.5, 0.6) is 11.5 Å². The molecule has 4 nitrogen and oxygen atoms in total. The normalized spacial score (nSPS) is 14.6. The van der Waals surface area contributed by atoms with E-state index in [0.29, 0.717) is 33.8 Å². The number of benzene rings is 2. The Morgan fingerprint density at radius 2 is 1.18 bits per heavy atom. The van der Waals surface area contributed by atoms with Crippen molar-refractivity contribution in [2.24, 2.45) is 0 Å². The zero-order valence-corrected chi connectivity index (χ0v) is 12.4. The fraction of sp³-hybridized carbons (Fsp3) is 0.222. The van der Waals surface area contributed by atoms with Gasteiger partial charge in [-0.2, -0.15) is 0 Å². The van der Waals surface area contributed by atoms with E-state index in [1.54, 1.807) is 38.5 Å². The highest BCUT2D eigenvalue weighted by molar-refractivity contribution is 6.30. The molecule has 2 aliphatic rings. The molecule has 22 heavy (non-hydrogen) atoms. The first kappa shape index (κ1) is 13.1. The lowest BCUT2D eigenvalue weighted by Crippen LogP contribution is -2.26. The Hall–Kier alpha value is -2.62. The SMILES string of the molecule is COc1c2c(c(OC)c3c1C(=O)c1ccccc1C3=O)CC2. The van der Waals surface area contributed by atoms with E-state index in [2.05, 4.69) is 0 Å². The van der Waals surface area contributed by atoms with E-state index >= 15 is 0 Å². The molecule has 0 aliphatic heterocycles. The number of carbonyl (C=O) groups is 2. The quantitative estimate of drug-likeness (QED) is 0.729. The fourth-order valence-corrected chi connectivity index (χ4v) is 3.44. The van der Waals surface area contributed by atoms with Crippen molar-refractivity contribution in [2.75, 3.05) is 14.2 Å². The van der Waals surface area contributed by atoms with Gasteiger partial charge in [-0.1, -0.05) is 24.3 Å². The van der Waals surface area contributed by atoms with E-state index < -0.39 is 0 Å². The first-order valence-electron chi connectivity index (χ1n) is 7.17. The van der Waals surface area contributed by atoms with Crippen LogP contribution in [0.1, 0.15) is 43.0 Å². The molecular formula is C18H14O4. The summed E-state index contributed by atoms with van der Waals surface area (Å²) in [6.07, 6.45) is 1.68. The minimum atomic E-state index is -0.171. The number of hydrogen-bond acceptors (Lipinski definition) is 4. The maximum Gasteiger partial charge on any atom is 0.198 e. The van der Waals surface area contributed by atoms with Gasteiger partial charge < -0.3 is 9.47 Å². The summed E-state index contributed by atoms with van der Waals surface area (Å²) in [5.74, 6) is 0.722. The van der Waals surface area contributed by atoms with Crippen LogP contribution in [-0.4, -0.2) is 25.8 Å². The van der Waals surface area contributed by atoms with Crippen LogP contribution in [0.25, 0.3) is 0 Å². The molecule has 0 saturated heterocycles. The Balaban J connectivity index is 2.12. The standard InChI is InChI=1S/C18H14O4/c1-21-17-11-7-8-12(11)18(22-2)14-13(17)15(19)9-5-3-4-6-10(9)16(14)20/h3-6H,7-8H2,1-2H3. The van der Waals surface area contributed by atoms with Crippen LogP contribution in [0.3, 0.4) is 0 Å². The Morgan fingerprint density at radius 1 is 0.773 bits per heavy atom. The average Bonchev–Trinajstić information content (AvgIpc) is 2.52. The zero-order valence-electron chi connectivity index (χ0n) is 12.4. The van der Waals surface area contributed by atoms with Crippen molar-refractivity contribution in [2.45, 2.75) is 12.8 Å². The topological polar surface area (TPSA) is 52.6 Å². The molecule has 0 amide bonds. The van der Waals surface area contributed by atoms with Gasteiger partial charge in [-0.3, -0.25) is 9.59 Å². The van der Waals surface area contributed by atoms with E-state index in [9.17, 15) is 9.59 Å². The highest BCUT2D eigenvalue weighted by Gasteiger charge is 2.40. The molecule has 2 aliphatic carbocycles. The van der Waals surface area contributed by atoms with Crippen LogP contribution < -0.4 is 9.47 Å². The van der Waals surface area contributed by atoms with Gasteiger partial charge in [0.1, 0.15) is 11.5 Å². The summed E-state index contributed by atoms with van der Waals surface area (Å²) in [6.45, 7) is 0. The lowest BCUT2D eigenvalue weighted by atomic mass is 9.76. The Labute approximate surface area is 127 Å². The third kappa shape index (κ3) is 1.42. The molecule has 0 fully saturated rings. The predicted molar refractivity (Wildman–Crippen MR) is 80.3 cm³/mol. The summed E-state index contributed by atoms with van der Waals surface area (Å²) in [4.78, 5) is 25.8. The molecular weight excluding hydrogens is 280 g/mol. The molecule has 2 aromatic rings. The predicted octanol–water partition coefficient (Wildman–Crippen LogP) is 2.58. The van der Waals surface area contributed by atoms with E-state index in [1.165, 1.54) is 0 Å². The van der Waals surface area contributed by atoms with Crippen LogP contribution in [0.4, 0.5) is 0 Å². The van der Waals surface area contributed by atoms with Crippen molar-refractivity contribution in [1.29, 1.82) is 0 Å². The van der Waals surface area contributed by atoms with Crippen molar-refractivity contribution >= 4 is 11.6 Å². The second-order valence-electron chi connectivity index (χ2n) is 5.48. The maximum absolute atomic E-state index is 12.9. The average molecular weight is 294 g/mol. The van der Waals surface area contributed by atoms with Crippen LogP contribution in [0, 0.1) is 0 Å². The minimum Gasteiger partial charge on any atom is -0.496 e. The van der Waals surface area contributed by atoms with Gasteiger partial charge in [0.25, 0.3) is 0 Å². The highest BCUT2D eigenvalue weighted by atomic mass is 16.5. The Morgan fingerprint density at radius 3 is 1.50 bits per heavy atom. The lowest BCUT2D eigenvalue weighted by Gasteiger charge is -2.30. The largest absolute Gasteiger partial charge is 0.496 e. The third-order valence-electron chi connectivity index (χ3n) is 4.52. The molecule has 0 radical (unpaired) electrons. The van der Waals surface area contributed by atoms with Gasteiger partial charge >= 0.3 is 0 Å². The lowest BCUT2D eigenvalue weighted by molar-refractivity contribution is 0.0973. The maximum atomic E-state index is 12.9. The molecule has 0 atom stereocenters. The molecule has 0 aromatic heterocycles. The van der Waals surface area contributed by atoms with Gasteiger partial charge in [0.05, 0.1) is 25.3 Å². The molecule has 0 saturated carbocycles. The number of fused-ring (bicyclic) bond motifs is 3. The summed E-state index contributed by atoms with van der Waals surface area (Å²) in [5, 5.41) is 0. The van der Waals surface area contributed by atoms with Gasteiger partial charge in [-0.25, -0.2) is 0 Å². The summed E-state index contributed by atoms with van der Waals surface area (Å²) >= 11 is 0. The monoisotopic (exact) mass is 294 g/mol. The smallest absolute Gasteiger partial charge is 0.198 e. The summed E-state index contributed by atoms with van der Waals surface area (Å²) in [7, 11) is 3.08. The van der Waals surface area contributed by atoms with Gasteiger partial charge in [-0.15, -0.1) is 0 Å². The summed E-state index contributed by atoms with van der Waals surface area (Å²) < 4.78 is 11.0. The van der Waals surface area contributed by atoms with Crippen molar-refractivity contribution in [1.82, 2.24) is 0 Å². The Kier molecular flexibility index (Phi) is 2.64. The molecule has 0 spiro atoms. The van der Waals surface area contributed by atoms with Crippen molar-refractivity contribution < 1.29 is 19.1 Å². The van der Waals surface area contributed by atoms with E-state index in [1.807, 2.05) is 0 Å². The summed E-state index contributed by atoms with van der Waals surface area (Å²) in [5.41, 5.74) is 3.53. The van der Waals surface area contributed by atoms with E-state index in [0.717, 1.165) is 24.0 Å². The molecule has 0 unspecified atom stereocenters. The first-order chi connectivity index (χ1) is 10.7. The van der Waals surface area contributed by atoms with E-state index in [4.69, 9.17) is 9.47 Å². The van der Waals surface area contributed by atoms with Crippen LogP contribution in [-0.2, 0) is 12.8 Å². The fourth-order valence-electron chi connectivity index (χ4n) is 3.44. The molecule has 0 N–H and O–H groups in total. The molecule has 4 heteroatoms. The van der Waals surface area contributed by atoms with Gasteiger partial charge in [0.2, 0.25) is 0 Å². The van der Waals surface area contributed by atoms with Gasteiger partial charge in [0, 0.05) is 22.3 Å². The number of rotatable bonds is 2. The van der Waals surface area contributed by atoms with Crippen LogP contribution >= 0.6 is 0 Å². The highest BCUT2D eigenvalue weighted by Crippen LogP contribution is 2.47. The van der Waals surface area contributed by atoms with E-state index in [-0.39, 0.29) is 11.6 Å². The molecule has 0 bridgehead atoms. The number of ether oxygens (including phenoxy) is 2. The number of carbonyl (C=O) groups excluding carboxylic acids is 2. The molecule has 4 rings (SSSR count). The van der Waals surface area contributed by atoms with Crippen molar-refractivity contribution in [3.63, 3.8) is 0 Å². The van der Waals surface area contributed by atoms with Crippen molar-refractivity contribution in [3.8, 4) is 11.5 Å². The molecule has 2 aromatic carbocycles. The van der Waals surface area contributed by atoms with Gasteiger partial charge in [0.15, 0.2) is 11.6 Å². The van der Waals surface area contributed by atoms with Crippen molar-refractivity contribution in [3.05, 3.63) is 57.6 Å².